The van der Waals surface area contributed by atoms with Gasteiger partial charge in [0.25, 0.3) is 0 Å². The predicted molar refractivity (Wildman–Crippen MR) is 358 cm³/mol. The lowest BCUT2D eigenvalue weighted by molar-refractivity contribution is -0.166. The molecule has 474 valence electrons. The Morgan fingerprint density at radius 2 is 0.500 bits per heavy atom. The molecule has 0 aromatic rings. The minimum absolute atomic E-state index is 0.104. The lowest BCUT2D eigenvalue weighted by atomic mass is 10.0. The topological polar surface area (TPSA) is 78.9 Å². The Hall–Kier alpha value is -3.41. The minimum Gasteiger partial charge on any atom is -0.462 e. The van der Waals surface area contributed by atoms with Gasteiger partial charge >= 0.3 is 17.9 Å². The minimum atomic E-state index is -0.819. The molecule has 0 saturated heterocycles. The van der Waals surface area contributed by atoms with Crippen LogP contribution in [0.3, 0.4) is 0 Å². The summed E-state index contributed by atoms with van der Waals surface area (Å²) in [6, 6.07) is 0. The van der Waals surface area contributed by atoms with Crippen LogP contribution in [-0.2, 0) is 28.6 Å². The van der Waals surface area contributed by atoms with Crippen LogP contribution < -0.4 is 0 Å². The highest BCUT2D eigenvalue weighted by molar-refractivity contribution is 5.71. The average molecular weight is 1140 g/mol. The third-order valence-electron chi connectivity index (χ3n) is 15.6. The van der Waals surface area contributed by atoms with Crippen molar-refractivity contribution < 1.29 is 28.6 Å². The molecule has 0 radical (unpaired) electrons. The first-order valence-corrected chi connectivity index (χ1v) is 35.6. The zero-order valence-electron chi connectivity index (χ0n) is 54.5. The Morgan fingerprint density at radius 3 is 0.793 bits per heavy atom. The van der Waals surface area contributed by atoms with Crippen molar-refractivity contribution in [2.45, 2.75) is 367 Å². The van der Waals surface area contributed by atoms with Crippen LogP contribution in [0.25, 0.3) is 0 Å². The fourth-order valence-electron chi connectivity index (χ4n) is 10.4. The van der Waals surface area contributed by atoms with Gasteiger partial charge in [0.15, 0.2) is 6.10 Å². The maximum Gasteiger partial charge on any atom is 0.306 e. The summed E-state index contributed by atoms with van der Waals surface area (Å²) < 4.78 is 16.9. The van der Waals surface area contributed by atoms with Crippen molar-refractivity contribution in [2.24, 2.45) is 0 Å². The summed E-state index contributed by atoms with van der Waals surface area (Å²) in [7, 11) is 0. The number of carbonyl (C=O) groups excluding carboxylic acids is 3. The van der Waals surface area contributed by atoms with Gasteiger partial charge < -0.3 is 14.2 Å². The predicted octanol–water partition coefficient (Wildman–Crippen LogP) is 24.6. The normalized spacial score (nSPS) is 12.6. The Morgan fingerprint density at radius 1 is 0.256 bits per heavy atom. The Balaban J connectivity index is 4.38. The smallest absolute Gasteiger partial charge is 0.306 e. The van der Waals surface area contributed by atoms with Gasteiger partial charge in [0.2, 0.25) is 0 Å². The highest BCUT2D eigenvalue weighted by Gasteiger charge is 2.19. The quantitative estimate of drug-likeness (QED) is 0.0261. The van der Waals surface area contributed by atoms with Crippen LogP contribution in [0.15, 0.2) is 85.1 Å². The van der Waals surface area contributed by atoms with Crippen LogP contribution in [0.5, 0.6) is 0 Å². The van der Waals surface area contributed by atoms with Crippen LogP contribution in [0.4, 0.5) is 0 Å². The molecule has 0 N–H and O–H groups in total. The van der Waals surface area contributed by atoms with Crippen molar-refractivity contribution in [2.75, 3.05) is 13.2 Å². The van der Waals surface area contributed by atoms with E-state index in [0.29, 0.717) is 19.3 Å². The van der Waals surface area contributed by atoms with Crippen molar-refractivity contribution in [1.29, 1.82) is 0 Å². The Kier molecular flexibility index (Phi) is 67.2. The molecule has 0 amide bonds. The van der Waals surface area contributed by atoms with Crippen LogP contribution in [0, 0.1) is 0 Å². The number of allylic oxidation sites excluding steroid dienone is 14. The van der Waals surface area contributed by atoms with Gasteiger partial charge in [0.05, 0.1) is 0 Å². The standard InChI is InChI=1S/C76H134O6/c1-4-7-10-13-16-19-22-25-28-31-34-35-36-37-38-39-40-43-45-48-51-54-57-60-63-66-69-75(78)81-72-73(82-76(79)70-67-64-61-58-55-52-49-46-42-33-30-27-24-21-18-15-12-9-6-3)71-80-74(77)68-65-62-59-56-53-50-47-44-41-32-29-26-23-20-17-14-11-8-5-2/h9,12,18,21,26-27,29-30,42,46,52,55,61,64,73H,4-8,10-11,13-17,19-20,22-25,28,31-41,43-45,47-51,53-54,56-60,62-63,65-72H2,1-3H3/b12-9-,21-18-,29-26-,30-27-,46-42-,55-52-,64-61-. The van der Waals surface area contributed by atoms with E-state index in [1.54, 1.807) is 0 Å². The summed E-state index contributed by atoms with van der Waals surface area (Å²) in [6.45, 7) is 6.52. The number of unbranched alkanes of at least 4 members (excludes halogenated alkanes) is 40. The van der Waals surface area contributed by atoms with Crippen molar-refractivity contribution in [1.82, 2.24) is 0 Å². The van der Waals surface area contributed by atoms with Crippen LogP contribution in [-0.4, -0.2) is 37.2 Å². The molecule has 0 rings (SSSR count). The monoisotopic (exact) mass is 1140 g/mol. The second-order valence-electron chi connectivity index (χ2n) is 23.8. The SMILES string of the molecule is CC/C=C\C/C=C\C/C=C\C/C=C\C/C=C\C/C=C\CCC(=O)OC(COC(=O)CCCCCCCCCCC/C=C\CCCCCCCC)COC(=O)CCCCCCCCCCCCCCCCCCCCCCCCCCCC. The number of rotatable bonds is 65. The summed E-state index contributed by atoms with van der Waals surface area (Å²) >= 11 is 0. The largest absolute Gasteiger partial charge is 0.462 e. The molecular formula is C76H134O6. The average Bonchev–Trinajstić information content (AvgIpc) is 3.48. The molecule has 0 aliphatic carbocycles. The number of hydrogen-bond acceptors (Lipinski definition) is 6. The Labute approximate surface area is 509 Å². The van der Waals surface area contributed by atoms with Gasteiger partial charge in [0, 0.05) is 19.3 Å². The van der Waals surface area contributed by atoms with Crippen molar-refractivity contribution in [3.05, 3.63) is 85.1 Å². The van der Waals surface area contributed by atoms with E-state index in [2.05, 4.69) is 99.8 Å². The number of ether oxygens (including phenoxy) is 3. The molecule has 6 nitrogen and oxygen atoms in total. The maximum atomic E-state index is 12.9. The molecule has 0 aromatic heterocycles. The maximum absolute atomic E-state index is 12.9. The zero-order valence-corrected chi connectivity index (χ0v) is 54.5. The van der Waals surface area contributed by atoms with Gasteiger partial charge in [-0.1, -0.05) is 343 Å². The third kappa shape index (κ3) is 67.4. The second kappa shape index (κ2) is 70.1. The molecule has 1 atom stereocenters. The van der Waals surface area contributed by atoms with Gasteiger partial charge in [-0.2, -0.15) is 0 Å². The van der Waals surface area contributed by atoms with Gasteiger partial charge in [-0.25, -0.2) is 0 Å². The van der Waals surface area contributed by atoms with E-state index in [1.807, 2.05) is 6.08 Å². The second-order valence-corrected chi connectivity index (χ2v) is 23.8. The number of carbonyl (C=O) groups is 3. The number of hydrogen-bond donors (Lipinski definition) is 0. The van der Waals surface area contributed by atoms with Crippen molar-refractivity contribution in [3.63, 3.8) is 0 Å². The molecule has 0 aliphatic rings. The lowest BCUT2D eigenvalue weighted by Gasteiger charge is -2.18. The van der Waals surface area contributed by atoms with E-state index in [1.165, 1.54) is 238 Å². The first-order valence-electron chi connectivity index (χ1n) is 35.6. The molecule has 0 aliphatic heterocycles. The van der Waals surface area contributed by atoms with Gasteiger partial charge in [-0.05, 0) is 83.5 Å². The van der Waals surface area contributed by atoms with Crippen LogP contribution in [0.2, 0.25) is 0 Å². The fraction of sp³-hybridized carbons (Fsp3) is 0.776. The molecule has 1 unspecified atom stereocenters. The third-order valence-corrected chi connectivity index (χ3v) is 15.6. The van der Waals surface area contributed by atoms with Crippen molar-refractivity contribution in [3.8, 4) is 0 Å². The lowest BCUT2D eigenvalue weighted by Crippen LogP contribution is -2.30. The van der Waals surface area contributed by atoms with E-state index < -0.39 is 6.10 Å². The molecule has 0 bridgehead atoms. The molecule has 0 aromatic carbocycles. The molecule has 0 saturated carbocycles. The first kappa shape index (κ1) is 78.6. The van der Waals surface area contributed by atoms with E-state index >= 15 is 0 Å². The summed E-state index contributed by atoms with van der Waals surface area (Å²) in [5.74, 6) is -0.972. The summed E-state index contributed by atoms with van der Waals surface area (Å²) in [5.41, 5.74) is 0. The summed E-state index contributed by atoms with van der Waals surface area (Å²) in [4.78, 5) is 38.4. The molecule has 82 heavy (non-hydrogen) atoms. The first-order chi connectivity index (χ1) is 40.5. The Bertz CT molecular complexity index is 1550. The van der Waals surface area contributed by atoms with Gasteiger partial charge in [-0.15, -0.1) is 0 Å². The van der Waals surface area contributed by atoms with E-state index in [4.69, 9.17) is 14.2 Å². The van der Waals surface area contributed by atoms with E-state index in [-0.39, 0.29) is 37.5 Å². The summed E-state index contributed by atoms with van der Waals surface area (Å²) in [6.07, 6.45) is 93.4. The number of esters is 3. The fourth-order valence-corrected chi connectivity index (χ4v) is 10.4. The molecule has 0 fully saturated rings. The molecule has 6 heteroatoms. The van der Waals surface area contributed by atoms with E-state index in [9.17, 15) is 14.4 Å². The van der Waals surface area contributed by atoms with Crippen LogP contribution >= 0.6 is 0 Å². The van der Waals surface area contributed by atoms with E-state index in [0.717, 1.165) is 77.0 Å². The molecule has 0 spiro atoms. The van der Waals surface area contributed by atoms with Crippen LogP contribution in [0.1, 0.15) is 361 Å². The van der Waals surface area contributed by atoms with Gasteiger partial charge in [-0.3, -0.25) is 14.4 Å². The highest BCUT2D eigenvalue weighted by atomic mass is 16.6. The summed E-state index contributed by atoms with van der Waals surface area (Å²) in [5, 5.41) is 0. The van der Waals surface area contributed by atoms with Gasteiger partial charge in [0.1, 0.15) is 13.2 Å². The highest BCUT2D eigenvalue weighted by Crippen LogP contribution is 2.18. The molecular weight excluding hydrogens is 1010 g/mol. The molecule has 0 heterocycles. The van der Waals surface area contributed by atoms with Crippen molar-refractivity contribution >= 4 is 17.9 Å². The zero-order chi connectivity index (χ0) is 59.2.